The van der Waals surface area contributed by atoms with Gasteiger partial charge < -0.3 is 9.47 Å². The van der Waals surface area contributed by atoms with Gasteiger partial charge in [0.2, 0.25) is 0 Å². The van der Waals surface area contributed by atoms with Crippen molar-refractivity contribution < 1.29 is 23.9 Å². The van der Waals surface area contributed by atoms with Crippen molar-refractivity contribution in [1.29, 1.82) is 0 Å². The minimum Gasteiger partial charge on any atom is -0.466 e. The van der Waals surface area contributed by atoms with E-state index in [4.69, 9.17) is 9.47 Å². The molecule has 1 saturated carbocycles. The largest absolute Gasteiger partial charge is 0.466 e. The Balaban J connectivity index is 2.43. The molecule has 0 aromatic carbocycles. The lowest BCUT2D eigenvalue weighted by Gasteiger charge is -2.22. The molecule has 98 valence electrons. The molecular formula is C13H16O5. The van der Waals surface area contributed by atoms with Gasteiger partial charge in [-0.05, 0) is 25.7 Å². The quantitative estimate of drug-likeness (QED) is 0.697. The Morgan fingerprint density at radius 2 is 1.56 bits per heavy atom. The number of ether oxygens (including phenoxy) is 2. The highest BCUT2D eigenvalue weighted by Crippen LogP contribution is 2.52. The summed E-state index contributed by atoms with van der Waals surface area (Å²) in [7, 11) is 2.57. The molecule has 5 heteroatoms. The fraction of sp³-hybridized carbons (Fsp3) is 0.615. The number of ketones is 1. The fourth-order valence-corrected chi connectivity index (χ4v) is 3.22. The molecule has 0 radical (unpaired) electrons. The third-order valence-corrected chi connectivity index (χ3v) is 3.96. The van der Waals surface area contributed by atoms with Crippen LogP contribution < -0.4 is 0 Å². The van der Waals surface area contributed by atoms with Crippen LogP contribution in [-0.4, -0.2) is 31.9 Å². The van der Waals surface area contributed by atoms with Crippen LogP contribution in [0.1, 0.15) is 19.8 Å². The highest BCUT2D eigenvalue weighted by atomic mass is 16.5. The van der Waals surface area contributed by atoms with E-state index in [1.165, 1.54) is 21.1 Å². The van der Waals surface area contributed by atoms with Crippen LogP contribution in [0.5, 0.6) is 0 Å². The summed E-state index contributed by atoms with van der Waals surface area (Å²) in [6.07, 6.45) is 1.30. The minimum atomic E-state index is -0.520. The van der Waals surface area contributed by atoms with E-state index in [-0.39, 0.29) is 23.5 Å². The first-order valence-corrected chi connectivity index (χ1v) is 5.92. The molecule has 0 spiro atoms. The monoisotopic (exact) mass is 252 g/mol. The number of methoxy groups -OCH3 is 2. The Morgan fingerprint density at radius 3 is 2.06 bits per heavy atom. The van der Waals surface area contributed by atoms with Crippen LogP contribution in [0.4, 0.5) is 0 Å². The lowest BCUT2D eigenvalue weighted by molar-refractivity contribution is -0.140. The van der Waals surface area contributed by atoms with Crippen LogP contribution in [-0.2, 0) is 23.9 Å². The van der Waals surface area contributed by atoms with Gasteiger partial charge in [-0.1, -0.05) is 0 Å². The second-order valence-electron chi connectivity index (χ2n) is 4.80. The number of rotatable bonds is 3. The van der Waals surface area contributed by atoms with E-state index in [1.807, 2.05) is 0 Å². The van der Waals surface area contributed by atoms with Crippen molar-refractivity contribution in [2.45, 2.75) is 19.8 Å². The summed E-state index contributed by atoms with van der Waals surface area (Å²) in [6.45, 7) is 1.53. The van der Waals surface area contributed by atoms with Gasteiger partial charge in [-0.3, -0.25) is 4.79 Å². The zero-order valence-electron chi connectivity index (χ0n) is 10.7. The van der Waals surface area contributed by atoms with Gasteiger partial charge in [0.25, 0.3) is 0 Å². The van der Waals surface area contributed by atoms with Crippen molar-refractivity contribution in [2.24, 2.45) is 17.8 Å². The number of fused-ring (bicyclic) bond motifs is 2. The Kier molecular flexibility index (Phi) is 3.24. The number of esters is 2. The van der Waals surface area contributed by atoms with Gasteiger partial charge in [-0.2, -0.15) is 0 Å². The standard InChI is InChI=1S/C13H16O5/c1-6(14)8-4-7-5-9(8)11(13(16)18-3)10(7)12(15)17-2/h7-9H,4-5H2,1-3H3. The molecule has 3 unspecified atom stereocenters. The maximum Gasteiger partial charge on any atom is 0.334 e. The van der Waals surface area contributed by atoms with Crippen molar-refractivity contribution >= 4 is 17.7 Å². The maximum atomic E-state index is 11.8. The molecule has 0 heterocycles. The van der Waals surface area contributed by atoms with E-state index in [9.17, 15) is 14.4 Å². The fourth-order valence-electron chi connectivity index (χ4n) is 3.22. The van der Waals surface area contributed by atoms with E-state index in [2.05, 4.69) is 0 Å². The SMILES string of the molecule is COC(=O)C1=C(C(=O)OC)C2CC1CC2C(C)=O. The van der Waals surface area contributed by atoms with Crippen LogP contribution in [0.2, 0.25) is 0 Å². The molecule has 2 aliphatic rings. The van der Waals surface area contributed by atoms with Crippen LogP contribution in [0.25, 0.3) is 0 Å². The Hall–Kier alpha value is -1.65. The summed E-state index contributed by atoms with van der Waals surface area (Å²) in [4.78, 5) is 35.1. The van der Waals surface area contributed by atoms with Crippen LogP contribution in [0.15, 0.2) is 11.1 Å². The topological polar surface area (TPSA) is 69.7 Å². The van der Waals surface area contributed by atoms with Crippen molar-refractivity contribution in [1.82, 2.24) is 0 Å². The average molecular weight is 252 g/mol. The first-order valence-electron chi connectivity index (χ1n) is 5.92. The summed E-state index contributed by atoms with van der Waals surface area (Å²) in [6, 6.07) is 0. The van der Waals surface area contributed by atoms with E-state index in [1.54, 1.807) is 0 Å². The van der Waals surface area contributed by atoms with Gasteiger partial charge in [-0.15, -0.1) is 0 Å². The summed E-state index contributed by atoms with van der Waals surface area (Å²) in [5, 5.41) is 0. The molecule has 0 saturated heterocycles. The van der Waals surface area contributed by atoms with E-state index >= 15 is 0 Å². The Bertz CT molecular complexity index is 448. The number of Topliss-reactive ketones (excluding diaryl/α,β-unsaturated/α-hetero) is 1. The van der Waals surface area contributed by atoms with E-state index < -0.39 is 11.9 Å². The molecule has 0 aromatic rings. The van der Waals surface area contributed by atoms with Crippen LogP contribution in [0.3, 0.4) is 0 Å². The van der Waals surface area contributed by atoms with Gasteiger partial charge >= 0.3 is 11.9 Å². The van der Waals surface area contributed by atoms with Gasteiger partial charge in [0, 0.05) is 11.8 Å². The van der Waals surface area contributed by atoms with Crippen LogP contribution in [0, 0.1) is 17.8 Å². The average Bonchev–Trinajstić information content (AvgIpc) is 2.93. The summed E-state index contributed by atoms with van der Waals surface area (Å²) in [5.74, 6) is -1.34. The predicted molar refractivity (Wildman–Crippen MR) is 61.4 cm³/mol. The first kappa shape index (κ1) is 12.8. The van der Waals surface area contributed by atoms with Gasteiger partial charge in [0.15, 0.2) is 0 Å². The number of hydrogen-bond acceptors (Lipinski definition) is 5. The molecule has 2 rings (SSSR count). The first-order chi connectivity index (χ1) is 8.51. The molecule has 2 bridgehead atoms. The highest BCUT2D eigenvalue weighted by molar-refractivity contribution is 6.03. The third-order valence-electron chi connectivity index (χ3n) is 3.96. The maximum absolute atomic E-state index is 11.8. The number of carbonyl (C=O) groups is 3. The molecule has 0 N–H and O–H groups in total. The Labute approximate surface area is 105 Å². The zero-order chi connectivity index (χ0) is 13.4. The summed E-state index contributed by atoms with van der Waals surface area (Å²) in [5.41, 5.74) is 0.757. The predicted octanol–water partition coefficient (Wildman–Crippen LogP) is 0.874. The molecule has 0 amide bonds. The molecule has 0 aliphatic heterocycles. The molecule has 2 aliphatic carbocycles. The van der Waals surface area contributed by atoms with Crippen molar-refractivity contribution in [3.63, 3.8) is 0 Å². The molecule has 1 fully saturated rings. The number of hydrogen-bond donors (Lipinski definition) is 0. The summed E-state index contributed by atoms with van der Waals surface area (Å²) >= 11 is 0. The second kappa shape index (κ2) is 4.55. The number of carbonyl (C=O) groups excluding carboxylic acids is 3. The van der Waals surface area contributed by atoms with Gasteiger partial charge in [0.1, 0.15) is 5.78 Å². The smallest absolute Gasteiger partial charge is 0.334 e. The zero-order valence-corrected chi connectivity index (χ0v) is 10.7. The lowest BCUT2D eigenvalue weighted by Crippen LogP contribution is -2.27. The molecule has 3 atom stereocenters. The molecule has 0 aromatic heterocycles. The lowest BCUT2D eigenvalue weighted by atomic mass is 9.81. The molecular weight excluding hydrogens is 236 g/mol. The summed E-state index contributed by atoms with van der Waals surface area (Å²) < 4.78 is 9.44. The second-order valence-corrected chi connectivity index (χ2v) is 4.80. The molecule has 18 heavy (non-hydrogen) atoms. The van der Waals surface area contributed by atoms with E-state index in [0.717, 1.165) is 0 Å². The molecule has 5 nitrogen and oxygen atoms in total. The van der Waals surface area contributed by atoms with Crippen molar-refractivity contribution in [3.8, 4) is 0 Å². The third kappa shape index (κ3) is 1.74. The van der Waals surface area contributed by atoms with Crippen molar-refractivity contribution in [2.75, 3.05) is 14.2 Å². The van der Waals surface area contributed by atoms with Gasteiger partial charge in [0.05, 0.1) is 25.4 Å². The van der Waals surface area contributed by atoms with E-state index in [0.29, 0.717) is 24.0 Å². The minimum absolute atomic E-state index is 0.0505. The van der Waals surface area contributed by atoms with Gasteiger partial charge in [-0.25, -0.2) is 9.59 Å². The highest BCUT2D eigenvalue weighted by Gasteiger charge is 2.52. The normalized spacial score (nSPS) is 29.4. The van der Waals surface area contributed by atoms with Crippen LogP contribution >= 0.6 is 0 Å². The van der Waals surface area contributed by atoms with Crippen molar-refractivity contribution in [3.05, 3.63) is 11.1 Å². The Morgan fingerprint density at radius 1 is 1.00 bits per heavy atom.